The Morgan fingerprint density at radius 2 is 1.88 bits per heavy atom. The molecular formula is C22H18Cl2N2O5S. The Morgan fingerprint density at radius 1 is 1.12 bits per heavy atom. The first kappa shape index (κ1) is 23.8. The maximum absolute atomic E-state index is 12.6. The van der Waals surface area contributed by atoms with Gasteiger partial charge in [-0.05, 0) is 54.1 Å². The predicted octanol–water partition coefficient (Wildman–Crippen LogP) is 5.24. The Hall–Kier alpha value is -2.81. The molecule has 1 heterocycles. The summed E-state index contributed by atoms with van der Waals surface area (Å²) < 4.78 is 5.07. The number of amides is 3. The zero-order chi connectivity index (χ0) is 23.3. The standard InChI is InChI=1S/C22H18Cl2N2O5S/c1-2-9-31-21(29)15-11-14(7-8-17(15)24)25-19(27)12-26-20(28)18(32-22(26)30)10-13-5-3-4-6-16(13)23/h3-8,10-11H,2,9,12H2,1H3,(H,25,27)/b18-10+. The van der Waals surface area contributed by atoms with Crippen LogP contribution in [0.1, 0.15) is 29.3 Å². The average Bonchev–Trinajstić information content (AvgIpc) is 3.02. The van der Waals surface area contributed by atoms with Gasteiger partial charge in [0.15, 0.2) is 0 Å². The van der Waals surface area contributed by atoms with Crippen LogP contribution in [0.4, 0.5) is 10.5 Å². The number of ether oxygens (including phenoxy) is 1. The van der Waals surface area contributed by atoms with Crippen molar-refractivity contribution in [2.75, 3.05) is 18.5 Å². The van der Waals surface area contributed by atoms with E-state index in [0.29, 0.717) is 17.0 Å². The minimum atomic E-state index is -0.610. The molecule has 2 aromatic rings. The summed E-state index contributed by atoms with van der Waals surface area (Å²) in [6, 6.07) is 11.2. The fourth-order valence-corrected chi connectivity index (χ4v) is 3.96. The number of hydrogen-bond donors (Lipinski definition) is 1. The number of benzene rings is 2. The summed E-state index contributed by atoms with van der Waals surface area (Å²) in [7, 11) is 0. The van der Waals surface area contributed by atoms with E-state index in [2.05, 4.69) is 5.32 Å². The molecule has 1 N–H and O–H groups in total. The Labute approximate surface area is 198 Å². The van der Waals surface area contributed by atoms with Crippen molar-refractivity contribution in [2.45, 2.75) is 13.3 Å². The first-order chi connectivity index (χ1) is 15.3. The highest BCUT2D eigenvalue weighted by Gasteiger charge is 2.36. The van der Waals surface area contributed by atoms with Gasteiger partial charge in [0.05, 0.1) is 22.1 Å². The lowest BCUT2D eigenvalue weighted by molar-refractivity contribution is -0.127. The van der Waals surface area contributed by atoms with E-state index in [-0.39, 0.29) is 27.8 Å². The van der Waals surface area contributed by atoms with Crippen molar-refractivity contribution in [3.8, 4) is 0 Å². The smallest absolute Gasteiger partial charge is 0.339 e. The van der Waals surface area contributed by atoms with Crippen molar-refractivity contribution in [2.24, 2.45) is 0 Å². The number of nitrogens with one attached hydrogen (secondary N) is 1. The molecule has 3 rings (SSSR count). The second-order valence-electron chi connectivity index (χ2n) is 6.67. The van der Waals surface area contributed by atoms with Gasteiger partial charge in [0, 0.05) is 10.7 Å². The predicted molar refractivity (Wildman–Crippen MR) is 125 cm³/mol. The molecule has 0 saturated carbocycles. The maximum atomic E-state index is 12.6. The molecule has 0 unspecified atom stereocenters. The van der Waals surface area contributed by atoms with Gasteiger partial charge in [0.2, 0.25) is 5.91 Å². The third-order valence-corrected chi connectivity index (χ3v) is 5.86. The Bertz CT molecular complexity index is 1120. The highest BCUT2D eigenvalue weighted by atomic mass is 35.5. The molecule has 166 valence electrons. The van der Waals surface area contributed by atoms with Crippen LogP contribution in [0.25, 0.3) is 6.08 Å². The van der Waals surface area contributed by atoms with E-state index >= 15 is 0 Å². The number of hydrogen-bond acceptors (Lipinski definition) is 6. The van der Waals surface area contributed by atoms with Gasteiger partial charge in [-0.15, -0.1) is 0 Å². The summed E-state index contributed by atoms with van der Waals surface area (Å²) in [6.07, 6.45) is 2.17. The number of rotatable bonds is 7. The molecule has 1 fully saturated rings. The van der Waals surface area contributed by atoms with Crippen molar-refractivity contribution in [3.05, 3.63) is 68.5 Å². The number of esters is 1. The van der Waals surface area contributed by atoms with E-state index in [1.165, 1.54) is 24.3 Å². The molecule has 2 aromatic carbocycles. The monoisotopic (exact) mass is 492 g/mol. The fourth-order valence-electron chi connectivity index (χ4n) is 2.75. The van der Waals surface area contributed by atoms with Crippen LogP contribution in [0, 0.1) is 0 Å². The zero-order valence-electron chi connectivity index (χ0n) is 16.9. The van der Waals surface area contributed by atoms with Crippen LogP contribution in [-0.2, 0) is 14.3 Å². The molecule has 10 heteroatoms. The topological polar surface area (TPSA) is 92.8 Å². The molecule has 0 aliphatic carbocycles. The molecule has 1 aliphatic heterocycles. The van der Waals surface area contributed by atoms with Crippen molar-refractivity contribution >= 4 is 69.8 Å². The largest absolute Gasteiger partial charge is 0.462 e. The Morgan fingerprint density at radius 3 is 2.59 bits per heavy atom. The van der Waals surface area contributed by atoms with Crippen molar-refractivity contribution < 1.29 is 23.9 Å². The molecule has 7 nitrogen and oxygen atoms in total. The molecular weight excluding hydrogens is 475 g/mol. The van der Waals surface area contributed by atoms with Gasteiger partial charge in [-0.3, -0.25) is 19.3 Å². The van der Waals surface area contributed by atoms with Crippen LogP contribution in [0.2, 0.25) is 10.0 Å². The summed E-state index contributed by atoms with van der Waals surface area (Å²) in [5, 5.41) is 2.61. The van der Waals surface area contributed by atoms with Crippen LogP contribution in [0.5, 0.6) is 0 Å². The second-order valence-corrected chi connectivity index (χ2v) is 8.48. The van der Waals surface area contributed by atoms with Gasteiger partial charge >= 0.3 is 5.97 Å². The van der Waals surface area contributed by atoms with Crippen molar-refractivity contribution in [1.29, 1.82) is 0 Å². The lowest BCUT2D eigenvalue weighted by Gasteiger charge is -2.13. The van der Waals surface area contributed by atoms with Crippen LogP contribution in [0.3, 0.4) is 0 Å². The van der Waals surface area contributed by atoms with Gasteiger partial charge < -0.3 is 10.1 Å². The summed E-state index contributed by atoms with van der Waals surface area (Å²) >= 11 is 12.9. The minimum Gasteiger partial charge on any atom is -0.462 e. The van der Waals surface area contributed by atoms with E-state index in [1.54, 1.807) is 24.3 Å². The number of nitrogens with zero attached hydrogens (tertiary/aromatic N) is 1. The number of halogens is 2. The molecule has 1 aliphatic rings. The summed E-state index contributed by atoms with van der Waals surface area (Å²) in [5.74, 6) is -1.81. The molecule has 0 bridgehead atoms. The Kier molecular flexibility index (Phi) is 7.95. The van der Waals surface area contributed by atoms with E-state index in [0.717, 1.165) is 16.7 Å². The molecule has 32 heavy (non-hydrogen) atoms. The van der Waals surface area contributed by atoms with E-state index in [9.17, 15) is 19.2 Å². The normalized spacial score (nSPS) is 14.7. The third kappa shape index (κ3) is 5.70. The lowest BCUT2D eigenvalue weighted by atomic mass is 10.2. The molecule has 1 saturated heterocycles. The number of carbonyl (C=O) groups is 4. The van der Waals surface area contributed by atoms with Crippen molar-refractivity contribution in [3.63, 3.8) is 0 Å². The molecule has 3 amide bonds. The Balaban J connectivity index is 1.69. The van der Waals surface area contributed by atoms with Gasteiger partial charge in [0.25, 0.3) is 11.1 Å². The number of imide groups is 1. The number of thioether (sulfide) groups is 1. The summed E-state index contributed by atoms with van der Waals surface area (Å²) in [5.41, 5.74) is 0.973. The van der Waals surface area contributed by atoms with Gasteiger partial charge in [-0.25, -0.2) is 4.79 Å². The zero-order valence-corrected chi connectivity index (χ0v) is 19.2. The SMILES string of the molecule is CCCOC(=O)c1cc(NC(=O)CN2C(=O)S/C(=C/c3ccccc3Cl)C2=O)ccc1Cl. The van der Waals surface area contributed by atoms with Gasteiger partial charge in [0.1, 0.15) is 6.54 Å². The highest BCUT2D eigenvalue weighted by Crippen LogP contribution is 2.33. The summed E-state index contributed by atoms with van der Waals surface area (Å²) in [4.78, 5) is 50.5. The van der Waals surface area contributed by atoms with Gasteiger partial charge in [-0.2, -0.15) is 0 Å². The number of carbonyl (C=O) groups excluding carboxylic acids is 4. The molecule has 0 radical (unpaired) electrons. The quantitative estimate of drug-likeness (QED) is 0.419. The minimum absolute atomic E-state index is 0.103. The van der Waals surface area contributed by atoms with Gasteiger partial charge in [-0.1, -0.05) is 48.3 Å². The lowest BCUT2D eigenvalue weighted by Crippen LogP contribution is -2.36. The summed E-state index contributed by atoms with van der Waals surface area (Å²) in [6.45, 7) is 1.62. The molecule has 0 atom stereocenters. The van der Waals surface area contributed by atoms with Crippen LogP contribution < -0.4 is 5.32 Å². The van der Waals surface area contributed by atoms with Crippen LogP contribution >= 0.6 is 35.0 Å². The van der Waals surface area contributed by atoms with Crippen LogP contribution in [0.15, 0.2) is 47.4 Å². The third-order valence-electron chi connectivity index (χ3n) is 4.27. The second kappa shape index (κ2) is 10.7. The van der Waals surface area contributed by atoms with E-state index in [1.807, 2.05) is 6.92 Å². The first-order valence-corrected chi connectivity index (χ1v) is 11.1. The van der Waals surface area contributed by atoms with E-state index < -0.39 is 29.6 Å². The first-order valence-electron chi connectivity index (χ1n) is 9.56. The van der Waals surface area contributed by atoms with E-state index in [4.69, 9.17) is 27.9 Å². The maximum Gasteiger partial charge on any atom is 0.339 e. The van der Waals surface area contributed by atoms with Crippen LogP contribution in [-0.4, -0.2) is 41.1 Å². The van der Waals surface area contributed by atoms with Crippen molar-refractivity contribution in [1.82, 2.24) is 4.90 Å². The fraction of sp³-hybridized carbons (Fsp3) is 0.182. The number of anilines is 1. The highest BCUT2D eigenvalue weighted by molar-refractivity contribution is 8.18. The molecule has 0 aromatic heterocycles. The average molecular weight is 493 g/mol. The molecule has 0 spiro atoms.